The molecule has 0 unspecified atom stereocenters. The molecule has 0 aliphatic carbocycles. The van der Waals surface area contributed by atoms with E-state index in [9.17, 15) is 9.59 Å². The summed E-state index contributed by atoms with van der Waals surface area (Å²) in [5.41, 5.74) is 1.19. The van der Waals surface area contributed by atoms with Gasteiger partial charge in [-0.05, 0) is 18.2 Å². The summed E-state index contributed by atoms with van der Waals surface area (Å²) in [6, 6.07) is 4.61. The van der Waals surface area contributed by atoms with E-state index >= 15 is 0 Å². The van der Waals surface area contributed by atoms with E-state index in [1.54, 1.807) is 12.1 Å². The quantitative estimate of drug-likeness (QED) is 0.571. The highest BCUT2D eigenvalue weighted by Crippen LogP contribution is 2.15. The van der Waals surface area contributed by atoms with Gasteiger partial charge in [0.15, 0.2) is 5.58 Å². The largest absolute Gasteiger partial charge is 0.465 e. The Balaban J connectivity index is 2.62. The zero-order valence-corrected chi connectivity index (χ0v) is 9.10. The molecule has 0 atom stereocenters. The molecule has 1 aromatic heterocycles. The van der Waals surface area contributed by atoms with E-state index in [1.807, 2.05) is 0 Å². The van der Waals surface area contributed by atoms with Crippen LogP contribution in [-0.4, -0.2) is 17.6 Å². The van der Waals surface area contributed by atoms with Gasteiger partial charge in [0.25, 0.3) is 0 Å². The second kappa shape index (κ2) is 4.18. The van der Waals surface area contributed by atoms with Crippen molar-refractivity contribution in [3.05, 3.63) is 34.3 Å². The molecule has 0 aliphatic heterocycles. The Morgan fingerprint density at radius 1 is 1.59 bits per heavy atom. The fraction of sp³-hybridized carbons (Fsp3) is 0.167. The Bertz CT molecular complexity index is 672. The number of rotatable bonds is 2. The number of benzene rings is 1. The molecule has 5 heteroatoms. The molecule has 0 spiro atoms. The van der Waals surface area contributed by atoms with E-state index in [1.165, 1.54) is 17.7 Å². The average molecular weight is 231 g/mol. The number of methoxy groups -OCH3 is 1. The average Bonchev–Trinajstić information content (AvgIpc) is 2.64. The normalized spacial score (nSPS) is 10.1. The van der Waals surface area contributed by atoms with Crippen molar-refractivity contribution in [1.29, 1.82) is 0 Å². The number of oxazole rings is 1. The van der Waals surface area contributed by atoms with Crippen LogP contribution in [0, 0.1) is 12.3 Å². The van der Waals surface area contributed by atoms with Crippen LogP contribution in [0.1, 0.15) is 10.4 Å². The molecule has 2 rings (SSSR count). The van der Waals surface area contributed by atoms with Crippen LogP contribution in [0.25, 0.3) is 11.1 Å². The van der Waals surface area contributed by atoms with Crippen LogP contribution in [0.4, 0.5) is 0 Å². The number of carbonyl (C=O) groups is 1. The Labute approximate surface area is 96.6 Å². The van der Waals surface area contributed by atoms with Crippen molar-refractivity contribution in [2.75, 3.05) is 7.11 Å². The number of hydrogen-bond donors (Lipinski definition) is 0. The van der Waals surface area contributed by atoms with Crippen LogP contribution in [-0.2, 0) is 11.3 Å². The van der Waals surface area contributed by atoms with Crippen LogP contribution in [0.5, 0.6) is 0 Å². The monoisotopic (exact) mass is 231 g/mol. The number of nitrogens with zero attached hydrogens (tertiary/aromatic N) is 1. The summed E-state index contributed by atoms with van der Waals surface area (Å²) in [6.45, 7) is 0.128. The highest BCUT2D eigenvalue weighted by Gasteiger charge is 2.12. The van der Waals surface area contributed by atoms with Gasteiger partial charge in [-0.1, -0.05) is 5.92 Å². The van der Waals surface area contributed by atoms with Crippen LogP contribution in [0.3, 0.4) is 0 Å². The molecule has 0 saturated carbocycles. The number of hydrogen-bond acceptors (Lipinski definition) is 4. The topological polar surface area (TPSA) is 61.4 Å². The fourth-order valence-corrected chi connectivity index (χ4v) is 1.55. The number of fused-ring (bicyclic) bond motifs is 1. The van der Waals surface area contributed by atoms with E-state index in [4.69, 9.17) is 10.8 Å². The molecule has 0 aliphatic rings. The maximum absolute atomic E-state index is 11.5. The molecule has 0 fully saturated rings. The first-order valence-corrected chi connectivity index (χ1v) is 4.82. The van der Waals surface area contributed by atoms with Gasteiger partial charge in [-0.25, -0.2) is 9.59 Å². The first-order valence-electron chi connectivity index (χ1n) is 4.82. The first-order chi connectivity index (χ1) is 8.17. The lowest BCUT2D eigenvalue weighted by Gasteiger charge is -1.99. The molecule has 1 heterocycles. The third-order valence-electron chi connectivity index (χ3n) is 2.34. The summed E-state index contributed by atoms with van der Waals surface area (Å²) in [5.74, 6) is 1.33. The van der Waals surface area contributed by atoms with Crippen molar-refractivity contribution >= 4 is 17.1 Å². The molecule has 0 bridgehead atoms. The molecule has 1 aromatic carbocycles. The lowest BCUT2D eigenvalue weighted by Crippen LogP contribution is -2.12. The minimum atomic E-state index is -0.542. The molecule has 86 valence electrons. The fourth-order valence-electron chi connectivity index (χ4n) is 1.55. The van der Waals surface area contributed by atoms with Gasteiger partial charge in [-0.2, -0.15) is 0 Å². The molecule has 0 saturated heterocycles. The van der Waals surface area contributed by atoms with E-state index in [-0.39, 0.29) is 6.54 Å². The molecule has 17 heavy (non-hydrogen) atoms. The van der Waals surface area contributed by atoms with Gasteiger partial charge >= 0.3 is 11.7 Å². The Kier molecular flexibility index (Phi) is 2.71. The summed E-state index contributed by atoms with van der Waals surface area (Å²) in [7, 11) is 1.28. The number of ether oxygens (including phenoxy) is 1. The molecule has 2 aromatic rings. The van der Waals surface area contributed by atoms with Gasteiger partial charge in [0, 0.05) is 0 Å². The van der Waals surface area contributed by atoms with E-state index in [0.29, 0.717) is 16.7 Å². The lowest BCUT2D eigenvalue weighted by atomic mass is 10.2. The van der Waals surface area contributed by atoms with E-state index in [2.05, 4.69) is 10.7 Å². The summed E-state index contributed by atoms with van der Waals surface area (Å²) in [4.78, 5) is 22.8. The third-order valence-corrected chi connectivity index (χ3v) is 2.34. The predicted molar refractivity (Wildman–Crippen MR) is 60.6 cm³/mol. The first kappa shape index (κ1) is 11.0. The molecular formula is C12H9NO4. The number of esters is 1. The molecule has 0 N–H and O–H groups in total. The number of aromatic nitrogens is 1. The van der Waals surface area contributed by atoms with Gasteiger partial charge in [0.1, 0.15) is 0 Å². The van der Waals surface area contributed by atoms with Crippen LogP contribution in [0.15, 0.2) is 27.4 Å². The second-order valence-corrected chi connectivity index (χ2v) is 3.33. The van der Waals surface area contributed by atoms with Gasteiger partial charge < -0.3 is 9.15 Å². The van der Waals surface area contributed by atoms with Gasteiger partial charge in [-0.15, -0.1) is 6.42 Å². The van der Waals surface area contributed by atoms with Gasteiger partial charge in [0.2, 0.25) is 0 Å². The van der Waals surface area contributed by atoms with Gasteiger partial charge in [-0.3, -0.25) is 4.57 Å². The Morgan fingerprint density at radius 3 is 3.00 bits per heavy atom. The minimum absolute atomic E-state index is 0.128. The molecule has 5 nitrogen and oxygen atoms in total. The molecular weight excluding hydrogens is 222 g/mol. The number of carbonyl (C=O) groups excluding carboxylic acids is 1. The summed E-state index contributed by atoms with van der Waals surface area (Å²) in [6.07, 6.45) is 5.15. The molecule has 0 radical (unpaired) electrons. The van der Waals surface area contributed by atoms with Crippen molar-refractivity contribution < 1.29 is 13.9 Å². The van der Waals surface area contributed by atoms with Crippen molar-refractivity contribution in [2.45, 2.75) is 6.54 Å². The van der Waals surface area contributed by atoms with E-state index < -0.39 is 11.7 Å². The Hall–Kier alpha value is -2.48. The maximum Gasteiger partial charge on any atom is 0.420 e. The number of terminal acetylenes is 1. The summed E-state index contributed by atoms with van der Waals surface area (Å²) < 4.78 is 10.9. The van der Waals surface area contributed by atoms with Crippen LogP contribution in [0.2, 0.25) is 0 Å². The SMILES string of the molecule is C#CCn1c(=O)oc2cc(C(=O)OC)ccc21. The smallest absolute Gasteiger partial charge is 0.420 e. The van der Waals surface area contributed by atoms with Crippen molar-refractivity contribution in [2.24, 2.45) is 0 Å². The lowest BCUT2D eigenvalue weighted by molar-refractivity contribution is 0.0601. The van der Waals surface area contributed by atoms with Crippen molar-refractivity contribution in [3.63, 3.8) is 0 Å². The molecule has 0 amide bonds. The van der Waals surface area contributed by atoms with Crippen LogP contribution >= 0.6 is 0 Å². The summed E-state index contributed by atoms with van der Waals surface area (Å²) in [5, 5.41) is 0. The third kappa shape index (κ3) is 1.81. The van der Waals surface area contributed by atoms with Crippen LogP contribution < -0.4 is 5.76 Å². The second-order valence-electron chi connectivity index (χ2n) is 3.33. The van der Waals surface area contributed by atoms with E-state index in [0.717, 1.165) is 0 Å². The highest BCUT2D eigenvalue weighted by atomic mass is 16.5. The van der Waals surface area contributed by atoms with Crippen molar-refractivity contribution in [3.8, 4) is 12.3 Å². The van der Waals surface area contributed by atoms with Gasteiger partial charge in [0.05, 0.1) is 24.7 Å². The summed E-state index contributed by atoms with van der Waals surface area (Å²) >= 11 is 0. The maximum atomic E-state index is 11.5. The predicted octanol–water partition coefficient (Wildman–Crippen LogP) is 1.01. The zero-order chi connectivity index (χ0) is 12.4. The standard InChI is InChI=1S/C12H9NO4/c1-3-6-13-9-5-4-8(11(14)16-2)7-10(9)17-12(13)15/h1,4-5,7H,6H2,2H3. The Morgan fingerprint density at radius 2 is 2.35 bits per heavy atom. The minimum Gasteiger partial charge on any atom is -0.465 e. The zero-order valence-electron chi connectivity index (χ0n) is 9.10. The highest BCUT2D eigenvalue weighted by molar-refractivity contribution is 5.93. The van der Waals surface area contributed by atoms with Crippen molar-refractivity contribution in [1.82, 2.24) is 4.57 Å².